The minimum absolute atomic E-state index is 0.328. The molecule has 0 unspecified atom stereocenters. The minimum Gasteiger partial charge on any atom is -0.483 e. The maximum atomic E-state index is 13.8. The second-order valence-electron chi connectivity index (χ2n) is 3.95. The third kappa shape index (κ3) is 1.89. The molecule has 0 saturated heterocycles. The Morgan fingerprint density at radius 1 is 1.12 bits per heavy atom. The number of halogens is 2. The van der Waals surface area contributed by atoms with Crippen molar-refractivity contribution >= 4 is 11.6 Å². The first-order valence-corrected chi connectivity index (χ1v) is 5.68. The molecule has 1 heterocycles. The van der Waals surface area contributed by atoms with E-state index in [2.05, 4.69) is 0 Å². The maximum absolute atomic E-state index is 13.8. The van der Waals surface area contributed by atoms with Crippen molar-refractivity contribution in [2.45, 2.75) is 6.42 Å². The van der Waals surface area contributed by atoms with Gasteiger partial charge in [0, 0.05) is 17.0 Å². The van der Waals surface area contributed by atoms with Gasteiger partial charge < -0.3 is 4.74 Å². The Balaban J connectivity index is 2.13. The highest BCUT2D eigenvalue weighted by Crippen LogP contribution is 2.35. The molecule has 0 N–H and O–H groups in total. The average molecular weight is 248 g/mol. The number of hydrogen-bond donors (Lipinski definition) is 0. The molecule has 0 aliphatic carbocycles. The van der Waals surface area contributed by atoms with E-state index in [0.29, 0.717) is 17.2 Å². The Hall–Kier alpha value is -1.54. The lowest BCUT2D eigenvalue weighted by atomic mass is 10.0. The zero-order valence-corrected chi connectivity index (χ0v) is 9.67. The van der Waals surface area contributed by atoms with Crippen molar-refractivity contribution in [3.8, 4) is 16.9 Å². The highest BCUT2D eigenvalue weighted by atomic mass is 35.5. The molecule has 0 amide bonds. The van der Waals surface area contributed by atoms with Gasteiger partial charge in [-0.3, -0.25) is 0 Å². The normalized spacial score (nSPS) is 13.3. The lowest BCUT2D eigenvalue weighted by molar-refractivity contribution is 0.407. The molecule has 1 radical (unpaired) electrons. The summed E-state index contributed by atoms with van der Waals surface area (Å²) < 4.78 is 18.9. The summed E-state index contributed by atoms with van der Waals surface area (Å²) in [5.41, 5.74) is 2.61. The van der Waals surface area contributed by atoms with Crippen molar-refractivity contribution in [2.75, 3.05) is 0 Å². The van der Waals surface area contributed by atoms with Gasteiger partial charge in [0.2, 0.25) is 0 Å². The molecule has 2 aromatic carbocycles. The van der Waals surface area contributed by atoms with Crippen molar-refractivity contribution in [1.82, 2.24) is 0 Å². The van der Waals surface area contributed by atoms with Crippen LogP contribution < -0.4 is 4.74 Å². The van der Waals surface area contributed by atoms with Crippen LogP contribution in [0.1, 0.15) is 5.56 Å². The zero-order chi connectivity index (χ0) is 11.8. The summed E-state index contributed by atoms with van der Waals surface area (Å²) in [6.45, 7) is 1.61. The van der Waals surface area contributed by atoms with Crippen LogP contribution in [0.15, 0.2) is 36.4 Å². The maximum Gasteiger partial charge on any atom is 0.165 e. The fourth-order valence-corrected chi connectivity index (χ4v) is 2.17. The van der Waals surface area contributed by atoms with Crippen molar-refractivity contribution in [3.05, 3.63) is 59.4 Å². The summed E-state index contributed by atoms with van der Waals surface area (Å²) in [6.07, 6.45) is 0.640. The summed E-state index contributed by atoms with van der Waals surface area (Å²) >= 11 is 5.93. The molecule has 0 fully saturated rings. The molecule has 1 aliphatic heterocycles. The van der Waals surface area contributed by atoms with Gasteiger partial charge in [-0.1, -0.05) is 23.7 Å². The molecule has 0 atom stereocenters. The van der Waals surface area contributed by atoms with Crippen molar-refractivity contribution in [2.24, 2.45) is 0 Å². The Bertz CT molecular complexity index is 580. The first kappa shape index (κ1) is 10.6. The van der Waals surface area contributed by atoms with Crippen molar-refractivity contribution in [3.63, 3.8) is 0 Å². The van der Waals surface area contributed by atoms with Gasteiger partial charge in [-0.05, 0) is 35.4 Å². The molecule has 0 spiro atoms. The Morgan fingerprint density at radius 2 is 2.00 bits per heavy atom. The highest BCUT2D eigenvalue weighted by molar-refractivity contribution is 6.30. The van der Waals surface area contributed by atoms with Gasteiger partial charge in [0.25, 0.3) is 0 Å². The summed E-state index contributed by atoms with van der Waals surface area (Å²) in [7, 11) is 0. The quantitative estimate of drug-likeness (QED) is 0.732. The van der Waals surface area contributed by atoms with Crippen molar-refractivity contribution in [1.29, 1.82) is 0 Å². The van der Waals surface area contributed by atoms with E-state index in [0.717, 1.165) is 16.7 Å². The first-order valence-electron chi connectivity index (χ1n) is 5.31. The molecule has 1 nitrogen and oxygen atoms in total. The molecule has 85 valence electrons. The van der Waals surface area contributed by atoms with Gasteiger partial charge in [-0.2, -0.15) is 0 Å². The average Bonchev–Trinajstić information content (AvgIpc) is 2.77. The largest absolute Gasteiger partial charge is 0.483 e. The third-order valence-corrected chi connectivity index (χ3v) is 3.02. The Kier molecular flexibility index (Phi) is 2.52. The van der Waals surface area contributed by atoms with Crippen LogP contribution in [0.4, 0.5) is 4.39 Å². The number of rotatable bonds is 1. The van der Waals surface area contributed by atoms with E-state index >= 15 is 0 Å². The van der Waals surface area contributed by atoms with E-state index < -0.39 is 0 Å². The van der Waals surface area contributed by atoms with E-state index in [-0.39, 0.29) is 5.82 Å². The Labute approximate surface area is 104 Å². The van der Waals surface area contributed by atoms with Crippen LogP contribution in [0, 0.1) is 12.4 Å². The molecule has 0 aromatic heterocycles. The predicted molar refractivity (Wildman–Crippen MR) is 65.5 cm³/mol. The zero-order valence-electron chi connectivity index (χ0n) is 8.91. The second-order valence-corrected chi connectivity index (χ2v) is 4.38. The van der Waals surface area contributed by atoms with Gasteiger partial charge in [0.05, 0.1) is 0 Å². The fraction of sp³-hybridized carbons (Fsp3) is 0.0714. The van der Waals surface area contributed by atoms with Crippen LogP contribution >= 0.6 is 11.6 Å². The molecule has 3 heteroatoms. The van der Waals surface area contributed by atoms with Gasteiger partial charge in [0.15, 0.2) is 11.6 Å². The molecule has 1 aliphatic rings. The molecule has 3 rings (SSSR count). The van der Waals surface area contributed by atoms with Crippen LogP contribution in [0.2, 0.25) is 5.02 Å². The second kappa shape index (κ2) is 4.04. The lowest BCUT2D eigenvalue weighted by Gasteiger charge is -2.06. The van der Waals surface area contributed by atoms with Gasteiger partial charge in [-0.15, -0.1) is 0 Å². The standard InChI is InChI=1S/C14H9ClFO/c15-12-3-1-2-9(7-12)11-6-10-4-5-17-14(10)13(16)8-11/h1-3,5-8H,4H2. The van der Waals surface area contributed by atoms with Crippen molar-refractivity contribution < 1.29 is 9.13 Å². The van der Waals surface area contributed by atoms with E-state index in [1.54, 1.807) is 12.7 Å². The van der Waals surface area contributed by atoms with Crippen LogP contribution in [0.5, 0.6) is 5.75 Å². The molecule has 2 aromatic rings. The van der Waals surface area contributed by atoms with Gasteiger partial charge in [0.1, 0.15) is 6.61 Å². The van der Waals surface area contributed by atoms with Crippen LogP contribution in [-0.2, 0) is 6.42 Å². The van der Waals surface area contributed by atoms with E-state index in [9.17, 15) is 4.39 Å². The lowest BCUT2D eigenvalue weighted by Crippen LogP contribution is -1.87. The molecular formula is C14H9ClFO. The molecular weight excluding hydrogens is 239 g/mol. The predicted octanol–water partition coefficient (Wildman–Crippen LogP) is 4.24. The van der Waals surface area contributed by atoms with Gasteiger partial charge >= 0.3 is 0 Å². The van der Waals surface area contributed by atoms with Crippen LogP contribution in [0.25, 0.3) is 11.1 Å². The molecule has 0 bridgehead atoms. The highest BCUT2D eigenvalue weighted by Gasteiger charge is 2.18. The summed E-state index contributed by atoms with van der Waals surface area (Å²) in [5.74, 6) is 0.0157. The summed E-state index contributed by atoms with van der Waals surface area (Å²) in [4.78, 5) is 0. The molecule has 17 heavy (non-hydrogen) atoms. The number of hydrogen-bond acceptors (Lipinski definition) is 1. The third-order valence-electron chi connectivity index (χ3n) is 2.78. The van der Waals surface area contributed by atoms with Crippen LogP contribution in [0.3, 0.4) is 0 Å². The monoisotopic (exact) mass is 247 g/mol. The Morgan fingerprint density at radius 3 is 2.82 bits per heavy atom. The fourth-order valence-electron chi connectivity index (χ4n) is 1.98. The minimum atomic E-state index is -0.328. The smallest absolute Gasteiger partial charge is 0.165 e. The summed E-state index contributed by atoms with van der Waals surface area (Å²) in [6, 6.07) is 10.8. The summed E-state index contributed by atoms with van der Waals surface area (Å²) in [5, 5.41) is 0.645. The van der Waals surface area contributed by atoms with Gasteiger partial charge in [-0.25, -0.2) is 4.39 Å². The van der Waals surface area contributed by atoms with Crippen LogP contribution in [-0.4, -0.2) is 0 Å². The topological polar surface area (TPSA) is 9.23 Å². The van der Waals surface area contributed by atoms with E-state index in [1.807, 2.05) is 24.3 Å². The first-order chi connectivity index (χ1) is 8.24. The molecule has 0 saturated carbocycles. The van der Waals surface area contributed by atoms with E-state index in [1.165, 1.54) is 6.07 Å². The van der Waals surface area contributed by atoms with E-state index in [4.69, 9.17) is 16.3 Å². The number of fused-ring (bicyclic) bond motifs is 1. The number of ether oxygens (including phenoxy) is 1. The SMILES string of the molecule is Fc1cc(-c2cccc(Cl)c2)cc2c1O[CH]C2. The number of benzene rings is 2.